The van der Waals surface area contributed by atoms with Crippen molar-refractivity contribution in [2.75, 3.05) is 25.0 Å². The van der Waals surface area contributed by atoms with Crippen molar-refractivity contribution >= 4 is 11.7 Å². The second kappa shape index (κ2) is 8.45. The largest absolute Gasteiger partial charge is 0.369 e. The summed E-state index contributed by atoms with van der Waals surface area (Å²) in [6.07, 6.45) is 4.08. The molecule has 5 nitrogen and oxygen atoms in total. The number of carbonyl (C=O) groups is 1. The predicted molar refractivity (Wildman–Crippen MR) is 77.1 cm³/mol. The summed E-state index contributed by atoms with van der Waals surface area (Å²) >= 11 is 0. The molecule has 1 amide bonds. The topological polar surface area (TPSA) is 58.1 Å². The molecular weight excluding hydrogens is 240 g/mol. The standard InChI is InChI=1S/C14H24N4O/c1-4-7-12-10-13(17-11-16-12)15-9-8-14(19)18(5-2)6-3/h10-11H,4-9H2,1-3H3,(H,15,16,17). The van der Waals surface area contributed by atoms with Gasteiger partial charge in [-0.2, -0.15) is 0 Å². The first-order chi connectivity index (χ1) is 9.21. The fourth-order valence-corrected chi connectivity index (χ4v) is 1.92. The molecule has 0 saturated carbocycles. The number of nitrogens with zero attached hydrogens (tertiary/aromatic N) is 3. The van der Waals surface area contributed by atoms with Crippen molar-refractivity contribution in [3.63, 3.8) is 0 Å². The zero-order valence-electron chi connectivity index (χ0n) is 12.1. The Bertz CT molecular complexity index is 391. The highest BCUT2D eigenvalue weighted by atomic mass is 16.2. The quantitative estimate of drug-likeness (QED) is 0.781. The maximum atomic E-state index is 11.8. The molecule has 1 aromatic rings. The highest BCUT2D eigenvalue weighted by molar-refractivity contribution is 5.76. The van der Waals surface area contributed by atoms with E-state index in [2.05, 4.69) is 22.2 Å². The third-order valence-electron chi connectivity index (χ3n) is 2.99. The summed E-state index contributed by atoms with van der Waals surface area (Å²) in [5, 5.41) is 3.18. The number of carbonyl (C=O) groups excluding carboxylic acids is 1. The van der Waals surface area contributed by atoms with E-state index < -0.39 is 0 Å². The summed E-state index contributed by atoms with van der Waals surface area (Å²) in [7, 11) is 0. The normalized spacial score (nSPS) is 10.3. The Labute approximate surface area is 115 Å². The van der Waals surface area contributed by atoms with Gasteiger partial charge in [0.2, 0.25) is 5.91 Å². The molecule has 0 fully saturated rings. The van der Waals surface area contributed by atoms with Gasteiger partial charge in [0.05, 0.1) is 0 Å². The molecule has 5 heteroatoms. The lowest BCUT2D eigenvalue weighted by Gasteiger charge is -2.18. The first-order valence-electron chi connectivity index (χ1n) is 7.03. The molecule has 0 aliphatic rings. The monoisotopic (exact) mass is 264 g/mol. The Kier molecular flexibility index (Phi) is 6.85. The average Bonchev–Trinajstić information content (AvgIpc) is 2.41. The van der Waals surface area contributed by atoms with Crippen LogP contribution in [-0.2, 0) is 11.2 Å². The zero-order chi connectivity index (χ0) is 14.1. The van der Waals surface area contributed by atoms with Crippen molar-refractivity contribution in [3.8, 4) is 0 Å². The molecule has 1 N–H and O–H groups in total. The van der Waals surface area contributed by atoms with Crippen molar-refractivity contribution in [3.05, 3.63) is 18.1 Å². The van der Waals surface area contributed by atoms with Crippen molar-refractivity contribution in [1.82, 2.24) is 14.9 Å². The van der Waals surface area contributed by atoms with Gasteiger partial charge in [0.1, 0.15) is 12.1 Å². The number of aromatic nitrogens is 2. The Balaban J connectivity index is 2.40. The van der Waals surface area contributed by atoms with Gasteiger partial charge in [-0.25, -0.2) is 9.97 Å². The van der Waals surface area contributed by atoms with E-state index in [1.165, 1.54) is 0 Å². The van der Waals surface area contributed by atoms with E-state index in [4.69, 9.17) is 0 Å². The molecule has 0 saturated heterocycles. The molecular formula is C14H24N4O. The molecule has 0 aromatic carbocycles. The number of amides is 1. The Morgan fingerprint density at radius 3 is 2.63 bits per heavy atom. The fraction of sp³-hybridized carbons (Fsp3) is 0.643. The molecule has 0 spiro atoms. The predicted octanol–water partition coefficient (Wildman–Crippen LogP) is 2.10. The van der Waals surface area contributed by atoms with E-state index in [0.29, 0.717) is 13.0 Å². The number of rotatable bonds is 8. The maximum absolute atomic E-state index is 11.8. The van der Waals surface area contributed by atoms with Gasteiger partial charge >= 0.3 is 0 Å². The van der Waals surface area contributed by atoms with E-state index in [9.17, 15) is 4.79 Å². The van der Waals surface area contributed by atoms with Gasteiger partial charge < -0.3 is 10.2 Å². The number of hydrogen-bond acceptors (Lipinski definition) is 4. The lowest BCUT2D eigenvalue weighted by atomic mass is 10.2. The van der Waals surface area contributed by atoms with Gasteiger partial charge in [0.15, 0.2) is 0 Å². The second-order valence-corrected chi connectivity index (χ2v) is 4.39. The summed E-state index contributed by atoms with van der Waals surface area (Å²) in [5.41, 5.74) is 1.04. The second-order valence-electron chi connectivity index (χ2n) is 4.39. The van der Waals surface area contributed by atoms with Crippen LogP contribution in [0.5, 0.6) is 0 Å². The molecule has 0 radical (unpaired) electrons. The van der Waals surface area contributed by atoms with Crippen LogP contribution in [0.2, 0.25) is 0 Å². The van der Waals surface area contributed by atoms with Gasteiger partial charge in [0, 0.05) is 37.8 Å². The highest BCUT2D eigenvalue weighted by Crippen LogP contribution is 2.06. The van der Waals surface area contributed by atoms with Gasteiger partial charge in [-0.1, -0.05) is 13.3 Å². The van der Waals surface area contributed by atoms with Crippen LogP contribution in [-0.4, -0.2) is 40.4 Å². The molecule has 0 bridgehead atoms. The average molecular weight is 264 g/mol. The Hall–Kier alpha value is -1.65. The van der Waals surface area contributed by atoms with Crippen LogP contribution in [0.4, 0.5) is 5.82 Å². The summed E-state index contributed by atoms with van der Waals surface area (Å²) < 4.78 is 0. The van der Waals surface area contributed by atoms with Crippen LogP contribution in [0.3, 0.4) is 0 Å². The third-order valence-corrected chi connectivity index (χ3v) is 2.99. The van der Waals surface area contributed by atoms with Crippen LogP contribution in [0.25, 0.3) is 0 Å². The van der Waals surface area contributed by atoms with Gasteiger partial charge in [0.25, 0.3) is 0 Å². The summed E-state index contributed by atoms with van der Waals surface area (Å²) in [6, 6.07) is 1.95. The number of hydrogen-bond donors (Lipinski definition) is 1. The van der Waals surface area contributed by atoms with Gasteiger partial charge in [-0.15, -0.1) is 0 Å². The van der Waals surface area contributed by atoms with Gasteiger partial charge in [-0.3, -0.25) is 4.79 Å². The Morgan fingerprint density at radius 2 is 2.00 bits per heavy atom. The smallest absolute Gasteiger partial charge is 0.224 e. The van der Waals surface area contributed by atoms with Crippen molar-refractivity contribution in [1.29, 1.82) is 0 Å². The van der Waals surface area contributed by atoms with E-state index in [-0.39, 0.29) is 5.91 Å². The SMILES string of the molecule is CCCc1cc(NCCC(=O)N(CC)CC)ncn1. The first-order valence-corrected chi connectivity index (χ1v) is 7.03. The van der Waals surface area contributed by atoms with E-state index in [0.717, 1.165) is 37.4 Å². The lowest BCUT2D eigenvalue weighted by Crippen LogP contribution is -2.31. The number of nitrogens with one attached hydrogen (secondary N) is 1. The van der Waals surface area contributed by atoms with Crippen LogP contribution in [0.1, 0.15) is 39.3 Å². The molecule has 0 atom stereocenters. The molecule has 0 aliphatic heterocycles. The van der Waals surface area contributed by atoms with E-state index >= 15 is 0 Å². The number of aryl methyl sites for hydroxylation is 1. The van der Waals surface area contributed by atoms with E-state index in [1.54, 1.807) is 6.33 Å². The molecule has 1 heterocycles. The summed E-state index contributed by atoms with van der Waals surface area (Å²) in [5.74, 6) is 0.978. The molecule has 0 unspecified atom stereocenters. The van der Waals surface area contributed by atoms with Crippen LogP contribution in [0, 0.1) is 0 Å². The Morgan fingerprint density at radius 1 is 1.26 bits per heavy atom. The van der Waals surface area contributed by atoms with Crippen molar-refractivity contribution in [2.24, 2.45) is 0 Å². The van der Waals surface area contributed by atoms with Crippen LogP contribution in [0.15, 0.2) is 12.4 Å². The van der Waals surface area contributed by atoms with E-state index in [1.807, 2.05) is 24.8 Å². The molecule has 19 heavy (non-hydrogen) atoms. The third kappa shape index (κ3) is 5.24. The molecule has 106 valence electrons. The summed E-state index contributed by atoms with van der Waals surface area (Å²) in [6.45, 7) is 8.26. The number of anilines is 1. The minimum Gasteiger partial charge on any atom is -0.369 e. The maximum Gasteiger partial charge on any atom is 0.224 e. The zero-order valence-corrected chi connectivity index (χ0v) is 12.1. The minimum absolute atomic E-state index is 0.181. The lowest BCUT2D eigenvalue weighted by molar-refractivity contribution is -0.130. The van der Waals surface area contributed by atoms with Crippen LogP contribution >= 0.6 is 0 Å². The summed E-state index contributed by atoms with van der Waals surface area (Å²) in [4.78, 5) is 22.0. The first kappa shape index (κ1) is 15.4. The molecule has 1 aromatic heterocycles. The highest BCUT2D eigenvalue weighted by Gasteiger charge is 2.08. The van der Waals surface area contributed by atoms with Gasteiger partial charge in [-0.05, 0) is 20.3 Å². The van der Waals surface area contributed by atoms with Crippen molar-refractivity contribution in [2.45, 2.75) is 40.0 Å². The minimum atomic E-state index is 0.181. The van der Waals surface area contributed by atoms with Crippen molar-refractivity contribution < 1.29 is 4.79 Å². The molecule has 0 aliphatic carbocycles. The van der Waals surface area contributed by atoms with Crippen LogP contribution < -0.4 is 5.32 Å². The fourth-order valence-electron chi connectivity index (χ4n) is 1.92. The molecule has 1 rings (SSSR count).